The SMILES string of the molecule is CCc1cc(C(F)C(=O)O)ccc1C(F)F. The third-order valence-electron chi connectivity index (χ3n) is 2.29. The van der Waals surface area contributed by atoms with E-state index in [9.17, 15) is 18.0 Å². The highest BCUT2D eigenvalue weighted by Gasteiger charge is 2.20. The molecular weight excluding hydrogens is 221 g/mol. The molecule has 1 aromatic rings. The number of alkyl halides is 3. The molecule has 5 heteroatoms. The molecule has 1 rings (SSSR count). The number of hydrogen-bond acceptors (Lipinski definition) is 1. The van der Waals surface area contributed by atoms with Gasteiger partial charge in [-0.15, -0.1) is 0 Å². The zero-order chi connectivity index (χ0) is 12.3. The minimum Gasteiger partial charge on any atom is -0.479 e. The molecule has 1 atom stereocenters. The van der Waals surface area contributed by atoms with Gasteiger partial charge in [0, 0.05) is 5.56 Å². The van der Waals surface area contributed by atoms with Crippen LogP contribution in [-0.2, 0) is 11.2 Å². The number of carboxylic acids is 1. The highest BCUT2D eigenvalue weighted by Crippen LogP contribution is 2.27. The van der Waals surface area contributed by atoms with Crippen molar-refractivity contribution in [1.82, 2.24) is 0 Å². The normalized spacial score (nSPS) is 12.8. The standard InChI is InChI=1S/C11H11F3O2/c1-2-6-5-7(9(12)11(15)16)3-4-8(6)10(13)14/h3-5,9-10H,2H2,1H3,(H,15,16). The predicted octanol–water partition coefficient (Wildman–Crippen LogP) is 3.28. The number of aryl methyl sites for hydroxylation is 1. The fourth-order valence-corrected chi connectivity index (χ4v) is 1.44. The van der Waals surface area contributed by atoms with E-state index in [-0.39, 0.29) is 16.7 Å². The quantitative estimate of drug-likeness (QED) is 0.864. The van der Waals surface area contributed by atoms with Gasteiger partial charge in [-0.1, -0.05) is 25.1 Å². The average Bonchev–Trinajstić information content (AvgIpc) is 2.26. The van der Waals surface area contributed by atoms with Crippen LogP contribution in [0, 0.1) is 0 Å². The van der Waals surface area contributed by atoms with Crippen LogP contribution < -0.4 is 0 Å². The van der Waals surface area contributed by atoms with Crippen LogP contribution in [0.1, 0.15) is 36.2 Å². The third kappa shape index (κ3) is 2.53. The Balaban J connectivity index is 3.13. The van der Waals surface area contributed by atoms with Crippen molar-refractivity contribution in [3.8, 4) is 0 Å². The molecule has 1 N–H and O–H groups in total. The first-order valence-electron chi connectivity index (χ1n) is 4.75. The van der Waals surface area contributed by atoms with Crippen molar-refractivity contribution in [3.63, 3.8) is 0 Å². The molecule has 0 amide bonds. The molecule has 0 saturated carbocycles. The van der Waals surface area contributed by atoms with Gasteiger partial charge in [0.25, 0.3) is 6.43 Å². The Bertz CT molecular complexity index is 391. The molecule has 0 radical (unpaired) electrons. The molecule has 0 bridgehead atoms. The van der Waals surface area contributed by atoms with Crippen molar-refractivity contribution in [1.29, 1.82) is 0 Å². The lowest BCUT2D eigenvalue weighted by molar-refractivity contribution is -0.143. The molecule has 88 valence electrons. The molecular formula is C11H11F3O2. The summed E-state index contributed by atoms with van der Waals surface area (Å²) in [6, 6.07) is 3.34. The van der Waals surface area contributed by atoms with E-state index in [1.165, 1.54) is 6.07 Å². The summed E-state index contributed by atoms with van der Waals surface area (Å²) in [4.78, 5) is 10.4. The van der Waals surface area contributed by atoms with Crippen molar-refractivity contribution < 1.29 is 23.1 Å². The predicted molar refractivity (Wildman–Crippen MR) is 52.3 cm³/mol. The lowest BCUT2D eigenvalue weighted by Crippen LogP contribution is -2.07. The van der Waals surface area contributed by atoms with Gasteiger partial charge < -0.3 is 5.11 Å². The van der Waals surface area contributed by atoms with Gasteiger partial charge in [0.05, 0.1) is 0 Å². The van der Waals surface area contributed by atoms with E-state index in [2.05, 4.69) is 0 Å². The van der Waals surface area contributed by atoms with Gasteiger partial charge in [0.15, 0.2) is 0 Å². The maximum absolute atomic E-state index is 13.1. The van der Waals surface area contributed by atoms with Crippen molar-refractivity contribution in [2.45, 2.75) is 25.9 Å². The molecule has 1 aromatic carbocycles. The van der Waals surface area contributed by atoms with E-state index in [1.54, 1.807) is 6.92 Å². The van der Waals surface area contributed by atoms with E-state index in [0.29, 0.717) is 6.42 Å². The molecule has 0 aromatic heterocycles. The Morgan fingerprint density at radius 1 is 1.38 bits per heavy atom. The fraction of sp³-hybridized carbons (Fsp3) is 0.364. The Morgan fingerprint density at radius 3 is 2.44 bits per heavy atom. The molecule has 1 unspecified atom stereocenters. The first-order valence-corrected chi connectivity index (χ1v) is 4.75. The van der Waals surface area contributed by atoms with E-state index in [1.807, 2.05) is 0 Å². The first kappa shape index (κ1) is 12.5. The Morgan fingerprint density at radius 2 is 2.00 bits per heavy atom. The monoisotopic (exact) mass is 232 g/mol. The molecule has 0 heterocycles. The Kier molecular flexibility index (Phi) is 3.93. The average molecular weight is 232 g/mol. The Hall–Kier alpha value is -1.52. The molecule has 0 aliphatic rings. The summed E-state index contributed by atoms with van der Waals surface area (Å²) in [5, 5.41) is 8.45. The maximum atomic E-state index is 13.1. The molecule has 16 heavy (non-hydrogen) atoms. The smallest absolute Gasteiger partial charge is 0.343 e. The third-order valence-corrected chi connectivity index (χ3v) is 2.29. The van der Waals surface area contributed by atoms with Gasteiger partial charge in [-0.05, 0) is 17.5 Å². The molecule has 0 aliphatic heterocycles. The van der Waals surface area contributed by atoms with Crippen molar-refractivity contribution in [3.05, 3.63) is 34.9 Å². The Labute approximate surface area is 90.7 Å². The summed E-state index contributed by atoms with van der Waals surface area (Å²) >= 11 is 0. The largest absolute Gasteiger partial charge is 0.479 e. The number of rotatable bonds is 4. The van der Waals surface area contributed by atoms with E-state index in [0.717, 1.165) is 12.1 Å². The summed E-state index contributed by atoms with van der Waals surface area (Å²) in [5.41, 5.74) is -0.00557. The topological polar surface area (TPSA) is 37.3 Å². The minimum atomic E-state index is -2.63. The van der Waals surface area contributed by atoms with Gasteiger partial charge in [-0.25, -0.2) is 18.0 Å². The molecule has 0 saturated heterocycles. The first-order chi connectivity index (χ1) is 7.47. The van der Waals surface area contributed by atoms with Crippen LogP contribution in [0.2, 0.25) is 0 Å². The molecule has 0 aliphatic carbocycles. The molecule has 0 fully saturated rings. The summed E-state index contributed by atoms with van der Waals surface area (Å²) in [7, 11) is 0. The second kappa shape index (κ2) is 5.01. The van der Waals surface area contributed by atoms with Crippen LogP contribution in [0.5, 0.6) is 0 Å². The summed E-state index contributed by atoms with van der Waals surface area (Å²) < 4.78 is 38.1. The molecule has 2 nitrogen and oxygen atoms in total. The van der Waals surface area contributed by atoms with Crippen LogP contribution >= 0.6 is 0 Å². The van der Waals surface area contributed by atoms with Gasteiger partial charge in [-0.2, -0.15) is 0 Å². The zero-order valence-electron chi connectivity index (χ0n) is 8.58. The highest BCUT2D eigenvalue weighted by atomic mass is 19.3. The van der Waals surface area contributed by atoms with Crippen LogP contribution in [0.25, 0.3) is 0 Å². The maximum Gasteiger partial charge on any atom is 0.343 e. The minimum absolute atomic E-state index is 0.103. The van der Waals surface area contributed by atoms with Crippen LogP contribution in [0.4, 0.5) is 13.2 Å². The van der Waals surface area contributed by atoms with Crippen LogP contribution in [0.15, 0.2) is 18.2 Å². The summed E-state index contributed by atoms with van der Waals surface area (Å²) in [6.45, 7) is 1.65. The number of halogens is 3. The van der Waals surface area contributed by atoms with Crippen LogP contribution in [0.3, 0.4) is 0 Å². The van der Waals surface area contributed by atoms with Crippen molar-refractivity contribution in [2.24, 2.45) is 0 Å². The lowest BCUT2D eigenvalue weighted by atomic mass is 10.00. The second-order valence-electron chi connectivity index (χ2n) is 3.31. The second-order valence-corrected chi connectivity index (χ2v) is 3.31. The van der Waals surface area contributed by atoms with Gasteiger partial charge >= 0.3 is 5.97 Å². The number of carbonyl (C=O) groups is 1. The van der Waals surface area contributed by atoms with Gasteiger partial charge in [0.2, 0.25) is 6.17 Å². The number of hydrogen-bond donors (Lipinski definition) is 1. The van der Waals surface area contributed by atoms with Crippen molar-refractivity contribution in [2.75, 3.05) is 0 Å². The highest BCUT2D eigenvalue weighted by molar-refractivity contribution is 5.74. The van der Waals surface area contributed by atoms with Crippen molar-refractivity contribution >= 4 is 5.97 Å². The number of aliphatic carboxylic acids is 1. The fourth-order valence-electron chi connectivity index (χ4n) is 1.44. The van der Waals surface area contributed by atoms with Crippen LogP contribution in [-0.4, -0.2) is 11.1 Å². The summed E-state index contributed by atoms with van der Waals surface area (Å²) in [5.74, 6) is -1.62. The zero-order valence-corrected chi connectivity index (χ0v) is 8.58. The lowest BCUT2D eigenvalue weighted by Gasteiger charge is -2.10. The van der Waals surface area contributed by atoms with E-state index in [4.69, 9.17) is 5.11 Å². The summed E-state index contributed by atoms with van der Waals surface area (Å²) in [6.07, 6.45) is -4.50. The van der Waals surface area contributed by atoms with E-state index < -0.39 is 18.6 Å². The van der Waals surface area contributed by atoms with E-state index >= 15 is 0 Å². The number of benzene rings is 1. The van der Waals surface area contributed by atoms with Gasteiger partial charge in [-0.3, -0.25) is 0 Å². The number of carboxylic acid groups (broad SMARTS) is 1. The molecule has 0 spiro atoms. The van der Waals surface area contributed by atoms with Gasteiger partial charge in [0.1, 0.15) is 0 Å².